The van der Waals surface area contributed by atoms with Crippen molar-refractivity contribution in [1.29, 1.82) is 0 Å². The van der Waals surface area contributed by atoms with E-state index >= 15 is 0 Å². The molecule has 19 heavy (non-hydrogen) atoms. The lowest BCUT2D eigenvalue weighted by molar-refractivity contribution is -0.146. The molecule has 0 fully saturated rings. The minimum absolute atomic E-state index is 0.0873. The molecule has 0 spiro atoms. The minimum Gasteiger partial charge on any atom is -0.469 e. The van der Waals surface area contributed by atoms with Crippen LogP contribution in [0.1, 0.15) is 30.5 Å². The zero-order valence-corrected chi connectivity index (χ0v) is 12.6. The summed E-state index contributed by atoms with van der Waals surface area (Å²) in [6, 6.07) is 6.43. The van der Waals surface area contributed by atoms with E-state index in [0.717, 1.165) is 6.54 Å². The van der Waals surface area contributed by atoms with Gasteiger partial charge >= 0.3 is 5.97 Å². The summed E-state index contributed by atoms with van der Waals surface area (Å²) in [6.07, 6.45) is 0. The van der Waals surface area contributed by atoms with Gasteiger partial charge in [0.15, 0.2) is 0 Å². The Morgan fingerprint density at radius 1 is 1.32 bits per heavy atom. The molecule has 0 bridgehead atoms. The van der Waals surface area contributed by atoms with Gasteiger partial charge in [0.2, 0.25) is 0 Å². The van der Waals surface area contributed by atoms with Crippen molar-refractivity contribution in [2.75, 3.05) is 13.7 Å². The Bertz CT molecular complexity index is 427. The van der Waals surface area contributed by atoms with E-state index in [4.69, 9.17) is 4.74 Å². The summed E-state index contributed by atoms with van der Waals surface area (Å²) in [7, 11) is 1.45. The average Bonchev–Trinajstić information content (AvgIpc) is 2.35. The average molecular weight is 263 g/mol. The maximum Gasteiger partial charge on any atom is 0.310 e. The second-order valence-electron chi connectivity index (χ2n) is 5.43. The monoisotopic (exact) mass is 263 g/mol. The molecule has 3 heteroatoms. The molecule has 0 aliphatic rings. The van der Waals surface area contributed by atoms with Crippen molar-refractivity contribution in [3.8, 4) is 0 Å². The van der Waals surface area contributed by atoms with Gasteiger partial charge in [-0.05, 0) is 30.9 Å². The Hall–Kier alpha value is -1.35. The SMILES string of the molecule is COC(=O)C(CNCc1ccc(C)cc1C)C(C)C. The summed E-state index contributed by atoms with van der Waals surface area (Å²) in [5.41, 5.74) is 3.83. The Balaban J connectivity index is 2.54. The van der Waals surface area contributed by atoms with Crippen LogP contribution in [-0.2, 0) is 16.1 Å². The van der Waals surface area contributed by atoms with Crippen LogP contribution in [0.4, 0.5) is 0 Å². The second-order valence-corrected chi connectivity index (χ2v) is 5.43. The van der Waals surface area contributed by atoms with E-state index in [9.17, 15) is 4.79 Å². The van der Waals surface area contributed by atoms with Gasteiger partial charge in [-0.2, -0.15) is 0 Å². The number of benzene rings is 1. The molecule has 1 atom stereocenters. The van der Waals surface area contributed by atoms with Crippen molar-refractivity contribution in [3.63, 3.8) is 0 Å². The van der Waals surface area contributed by atoms with Crippen LogP contribution in [0.3, 0.4) is 0 Å². The summed E-state index contributed by atoms with van der Waals surface area (Å²) in [5.74, 6) is 0.0537. The van der Waals surface area contributed by atoms with Crippen LogP contribution in [0, 0.1) is 25.7 Å². The first-order chi connectivity index (χ1) is 8.95. The van der Waals surface area contributed by atoms with Crippen LogP contribution in [0.5, 0.6) is 0 Å². The summed E-state index contributed by atoms with van der Waals surface area (Å²) >= 11 is 0. The Morgan fingerprint density at radius 2 is 2.00 bits per heavy atom. The molecular weight excluding hydrogens is 238 g/mol. The van der Waals surface area contributed by atoms with E-state index in [-0.39, 0.29) is 17.8 Å². The molecule has 0 aliphatic carbocycles. The number of hydrogen-bond acceptors (Lipinski definition) is 3. The Kier molecular flexibility index (Phi) is 6.03. The predicted molar refractivity (Wildman–Crippen MR) is 78.0 cm³/mol. The highest BCUT2D eigenvalue weighted by Crippen LogP contribution is 2.13. The molecule has 0 aliphatic heterocycles. The lowest BCUT2D eigenvalue weighted by Gasteiger charge is -2.19. The lowest BCUT2D eigenvalue weighted by atomic mass is 9.96. The lowest BCUT2D eigenvalue weighted by Crippen LogP contribution is -2.32. The van der Waals surface area contributed by atoms with Gasteiger partial charge in [0.05, 0.1) is 13.0 Å². The van der Waals surface area contributed by atoms with Crippen molar-refractivity contribution < 1.29 is 9.53 Å². The number of carbonyl (C=O) groups excluding carboxylic acids is 1. The molecule has 1 unspecified atom stereocenters. The van der Waals surface area contributed by atoms with Crippen molar-refractivity contribution in [3.05, 3.63) is 34.9 Å². The van der Waals surface area contributed by atoms with Gasteiger partial charge in [0.1, 0.15) is 0 Å². The first-order valence-electron chi connectivity index (χ1n) is 6.80. The zero-order chi connectivity index (χ0) is 14.4. The highest BCUT2D eigenvalue weighted by molar-refractivity contribution is 5.72. The van der Waals surface area contributed by atoms with Gasteiger partial charge in [0.25, 0.3) is 0 Å². The first kappa shape index (κ1) is 15.7. The molecule has 106 valence electrons. The normalized spacial score (nSPS) is 12.5. The third kappa shape index (κ3) is 4.67. The highest BCUT2D eigenvalue weighted by atomic mass is 16.5. The number of methoxy groups -OCH3 is 1. The van der Waals surface area contributed by atoms with Crippen LogP contribution in [0.2, 0.25) is 0 Å². The van der Waals surface area contributed by atoms with Crippen LogP contribution in [0.15, 0.2) is 18.2 Å². The number of hydrogen-bond donors (Lipinski definition) is 1. The van der Waals surface area contributed by atoms with Gasteiger partial charge in [-0.1, -0.05) is 37.6 Å². The van der Waals surface area contributed by atoms with Crippen LogP contribution >= 0.6 is 0 Å². The minimum atomic E-state index is -0.136. The van der Waals surface area contributed by atoms with E-state index in [1.54, 1.807) is 0 Å². The van der Waals surface area contributed by atoms with E-state index in [1.807, 2.05) is 13.8 Å². The van der Waals surface area contributed by atoms with Gasteiger partial charge < -0.3 is 10.1 Å². The molecular formula is C16H25NO2. The Labute approximate surface area is 116 Å². The van der Waals surface area contributed by atoms with Gasteiger partial charge in [-0.3, -0.25) is 4.79 Å². The maximum atomic E-state index is 11.6. The third-order valence-electron chi connectivity index (χ3n) is 3.49. The van der Waals surface area contributed by atoms with Crippen molar-refractivity contribution in [2.45, 2.75) is 34.2 Å². The Morgan fingerprint density at radius 3 is 2.53 bits per heavy atom. The smallest absolute Gasteiger partial charge is 0.310 e. The quantitative estimate of drug-likeness (QED) is 0.802. The summed E-state index contributed by atoms with van der Waals surface area (Å²) in [4.78, 5) is 11.6. The topological polar surface area (TPSA) is 38.3 Å². The molecule has 0 amide bonds. The van der Waals surface area contributed by atoms with E-state index in [2.05, 4.69) is 37.4 Å². The largest absolute Gasteiger partial charge is 0.469 e. The summed E-state index contributed by atoms with van der Waals surface area (Å²) in [6.45, 7) is 9.73. The highest BCUT2D eigenvalue weighted by Gasteiger charge is 2.22. The standard InChI is InChI=1S/C16H25NO2/c1-11(2)15(16(18)19-5)10-17-9-14-7-6-12(3)8-13(14)4/h6-8,11,15,17H,9-10H2,1-5H3. The molecule has 0 saturated heterocycles. The first-order valence-corrected chi connectivity index (χ1v) is 6.80. The fraction of sp³-hybridized carbons (Fsp3) is 0.562. The molecule has 3 nitrogen and oxygen atoms in total. The second kappa shape index (κ2) is 7.29. The molecule has 1 aromatic rings. The molecule has 0 saturated carbocycles. The number of aryl methyl sites for hydroxylation is 2. The molecule has 1 aromatic carbocycles. The summed E-state index contributed by atoms with van der Waals surface area (Å²) < 4.78 is 4.84. The van der Waals surface area contributed by atoms with Crippen LogP contribution < -0.4 is 5.32 Å². The molecule has 0 radical (unpaired) electrons. The van der Waals surface area contributed by atoms with Crippen LogP contribution in [-0.4, -0.2) is 19.6 Å². The fourth-order valence-corrected chi connectivity index (χ4v) is 2.15. The number of esters is 1. The molecule has 1 N–H and O–H groups in total. The van der Waals surface area contributed by atoms with Gasteiger partial charge in [-0.25, -0.2) is 0 Å². The molecule has 1 rings (SSSR count). The van der Waals surface area contributed by atoms with E-state index < -0.39 is 0 Å². The molecule has 0 heterocycles. The van der Waals surface area contributed by atoms with Crippen LogP contribution in [0.25, 0.3) is 0 Å². The van der Waals surface area contributed by atoms with Crippen molar-refractivity contribution >= 4 is 5.97 Å². The van der Waals surface area contributed by atoms with E-state index in [0.29, 0.717) is 6.54 Å². The third-order valence-corrected chi connectivity index (χ3v) is 3.49. The van der Waals surface area contributed by atoms with Gasteiger partial charge in [-0.15, -0.1) is 0 Å². The fourth-order valence-electron chi connectivity index (χ4n) is 2.15. The predicted octanol–water partition coefficient (Wildman–Crippen LogP) is 2.84. The van der Waals surface area contributed by atoms with E-state index in [1.165, 1.54) is 23.8 Å². The number of carbonyl (C=O) groups is 1. The summed E-state index contributed by atoms with van der Waals surface area (Å²) in [5, 5.41) is 3.36. The molecule has 0 aromatic heterocycles. The number of rotatable bonds is 6. The number of ether oxygens (including phenoxy) is 1. The van der Waals surface area contributed by atoms with Crippen molar-refractivity contribution in [1.82, 2.24) is 5.32 Å². The number of nitrogens with one attached hydrogen (secondary N) is 1. The van der Waals surface area contributed by atoms with Crippen molar-refractivity contribution in [2.24, 2.45) is 11.8 Å². The van der Waals surface area contributed by atoms with Gasteiger partial charge in [0, 0.05) is 13.1 Å². The zero-order valence-electron chi connectivity index (χ0n) is 12.6. The maximum absolute atomic E-state index is 11.6.